The highest BCUT2D eigenvalue weighted by Gasteiger charge is 2.42. The van der Waals surface area contributed by atoms with Gasteiger partial charge >= 0.3 is 0 Å². The maximum Gasteiger partial charge on any atom is 0.109 e. The Hall–Kier alpha value is -0.630. The highest BCUT2D eigenvalue weighted by molar-refractivity contribution is 5.14. The van der Waals surface area contributed by atoms with Gasteiger partial charge in [-0.3, -0.25) is 5.32 Å². The molecule has 1 saturated carbocycles. The largest absolute Gasteiger partial charge is 0.380 e. The van der Waals surface area contributed by atoms with E-state index in [0.29, 0.717) is 5.92 Å². The summed E-state index contributed by atoms with van der Waals surface area (Å²) in [6.07, 6.45) is 5.56. The fraction of sp³-hybridized carbons (Fsp3) is 0.938. The number of likely N-dealkylation sites (N-methyl/N-ethyl adjacent to an activating group) is 1. The Morgan fingerprint density at radius 3 is 2.85 bits per heavy atom. The Morgan fingerprint density at radius 2 is 2.20 bits per heavy atom. The van der Waals surface area contributed by atoms with Crippen LogP contribution in [0, 0.1) is 17.2 Å². The molecule has 0 aromatic heterocycles. The first-order chi connectivity index (χ1) is 9.68. The summed E-state index contributed by atoms with van der Waals surface area (Å²) in [4.78, 5) is 2.32. The lowest BCUT2D eigenvalue weighted by atomic mass is 9.85. The highest BCUT2D eigenvalue weighted by Crippen LogP contribution is 2.37. The Bertz CT molecular complexity index is 303. The molecule has 116 valence electrons. The van der Waals surface area contributed by atoms with Crippen LogP contribution in [-0.2, 0) is 4.74 Å². The van der Waals surface area contributed by atoms with Crippen molar-refractivity contribution >= 4 is 0 Å². The molecule has 0 saturated heterocycles. The predicted octanol–water partition coefficient (Wildman–Crippen LogP) is 2.41. The van der Waals surface area contributed by atoms with Crippen molar-refractivity contribution in [2.24, 2.45) is 5.92 Å². The van der Waals surface area contributed by atoms with Crippen molar-refractivity contribution in [1.29, 1.82) is 5.26 Å². The van der Waals surface area contributed by atoms with E-state index in [-0.39, 0.29) is 5.54 Å². The predicted molar refractivity (Wildman–Crippen MR) is 82.6 cm³/mol. The van der Waals surface area contributed by atoms with Crippen molar-refractivity contribution in [3.8, 4) is 6.07 Å². The summed E-state index contributed by atoms with van der Waals surface area (Å²) in [5.41, 5.74) is -0.267. The number of nitriles is 1. The molecule has 0 aromatic rings. The van der Waals surface area contributed by atoms with Gasteiger partial charge in [-0.05, 0) is 58.7 Å². The van der Waals surface area contributed by atoms with Gasteiger partial charge in [0, 0.05) is 13.2 Å². The third-order valence-electron chi connectivity index (χ3n) is 4.39. The van der Waals surface area contributed by atoms with E-state index in [1.54, 1.807) is 0 Å². The highest BCUT2D eigenvalue weighted by atomic mass is 16.5. The molecule has 1 rings (SSSR count). The zero-order valence-electron chi connectivity index (χ0n) is 13.5. The van der Waals surface area contributed by atoms with Gasteiger partial charge in [-0.2, -0.15) is 5.26 Å². The SMILES string of the molecule is CCCNC1(C#N)CCCC1CCN(C)CCOCC. The minimum absolute atomic E-state index is 0.267. The zero-order chi connectivity index (χ0) is 14.8. The number of hydrogen-bond acceptors (Lipinski definition) is 4. The topological polar surface area (TPSA) is 48.3 Å². The summed E-state index contributed by atoms with van der Waals surface area (Å²) < 4.78 is 5.38. The van der Waals surface area contributed by atoms with Gasteiger partial charge < -0.3 is 9.64 Å². The normalized spacial score (nSPS) is 26.1. The summed E-state index contributed by atoms with van der Waals surface area (Å²) in [6, 6.07) is 2.58. The third kappa shape index (κ3) is 5.05. The number of ether oxygens (including phenoxy) is 1. The van der Waals surface area contributed by atoms with Crippen LogP contribution < -0.4 is 5.32 Å². The lowest BCUT2D eigenvalue weighted by Crippen LogP contribution is -2.48. The molecule has 1 N–H and O–H groups in total. The van der Waals surface area contributed by atoms with E-state index in [1.165, 1.54) is 12.8 Å². The van der Waals surface area contributed by atoms with Gasteiger partial charge in [0.05, 0.1) is 12.7 Å². The molecule has 1 aliphatic rings. The van der Waals surface area contributed by atoms with Crippen LogP contribution in [0.1, 0.15) is 46.0 Å². The fourth-order valence-electron chi connectivity index (χ4n) is 3.09. The number of nitrogens with one attached hydrogen (secondary N) is 1. The second-order valence-electron chi connectivity index (χ2n) is 5.89. The van der Waals surface area contributed by atoms with Gasteiger partial charge in [-0.25, -0.2) is 0 Å². The van der Waals surface area contributed by atoms with Crippen LogP contribution in [0.3, 0.4) is 0 Å². The molecule has 4 nitrogen and oxygen atoms in total. The van der Waals surface area contributed by atoms with Crippen molar-refractivity contribution < 1.29 is 4.74 Å². The Labute approximate surface area is 124 Å². The molecular weight excluding hydrogens is 250 g/mol. The Morgan fingerprint density at radius 1 is 1.40 bits per heavy atom. The zero-order valence-corrected chi connectivity index (χ0v) is 13.5. The van der Waals surface area contributed by atoms with Gasteiger partial charge in [-0.1, -0.05) is 13.3 Å². The van der Waals surface area contributed by atoms with Crippen LogP contribution in [-0.4, -0.2) is 50.3 Å². The number of nitrogens with zero attached hydrogens (tertiary/aromatic N) is 2. The van der Waals surface area contributed by atoms with Gasteiger partial charge in [0.1, 0.15) is 5.54 Å². The number of hydrogen-bond donors (Lipinski definition) is 1. The summed E-state index contributed by atoms with van der Waals surface area (Å²) >= 11 is 0. The fourth-order valence-corrected chi connectivity index (χ4v) is 3.09. The number of rotatable bonds is 10. The van der Waals surface area contributed by atoms with E-state index in [2.05, 4.69) is 30.3 Å². The van der Waals surface area contributed by atoms with Crippen LogP contribution in [0.5, 0.6) is 0 Å². The molecule has 0 aliphatic heterocycles. The average molecular weight is 281 g/mol. The van der Waals surface area contributed by atoms with Crippen molar-refractivity contribution in [3.05, 3.63) is 0 Å². The van der Waals surface area contributed by atoms with Crippen LogP contribution in [0.15, 0.2) is 0 Å². The molecular formula is C16H31N3O. The van der Waals surface area contributed by atoms with E-state index in [1.807, 2.05) is 6.92 Å². The smallest absolute Gasteiger partial charge is 0.109 e. The molecule has 0 aromatic carbocycles. The van der Waals surface area contributed by atoms with E-state index >= 15 is 0 Å². The van der Waals surface area contributed by atoms with Crippen molar-refractivity contribution in [1.82, 2.24) is 10.2 Å². The quantitative estimate of drug-likeness (QED) is 0.625. The van der Waals surface area contributed by atoms with E-state index in [0.717, 1.165) is 52.1 Å². The van der Waals surface area contributed by atoms with Crippen molar-refractivity contribution in [2.75, 3.05) is 39.9 Å². The van der Waals surface area contributed by atoms with E-state index in [9.17, 15) is 5.26 Å². The minimum Gasteiger partial charge on any atom is -0.380 e. The Kier molecular flexibility index (Phi) is 8.13. The first-order valence-electron chi connectivity index (χ1n) is 8.11. The molecule has 1 fully saturated rings. The second-order valence-corrected chi connectivity index (χ2v) is 5.89. The van der Waals surface area contributed by atoms with E-state index < -0.39 is 0 Å². The van der Waals surface area contributed by atoms with Crippen molar-refractivity contribution in [2.45, 2.75) is 51.5 Å². The standard InChI is InChI=1S/C16H31N3O/c1-4-10-18-16(14-17)9-6-7-15(16)8-11-19(3)12-13-20-5-2/h15,18H,4-13H2,1-3H3. The van der Waals surface area contributed by atoms with Crippen molar-refractivity contribution in [3.63, 3.8) is 0 Å². The first-order valence-corrected chi connectivity index (χ1v) is 8.11. The van der Waals surface area contributed by atoms with Gasteiger partial charge in [-0.15, -0.1) is 0 Å². The Balaban J connectivity index is 2.39. The minimum atomic E-state index is -0.267. The molecule has 20 heavy (non-hydrogen) atoms. The molecule has 0 amide bonds. The van der Waals surface area contributed by atoms with Crippen LogP contribution in [0.25, 0.3) is 0 Å². The molecule has 0 bridgehead atoms. The maximum atomic E-state index is 9.61. The van der Waals surface area contributed by atoms with Gasteiger partial charge in [0.15, 0.2) is 0 Å². The molecule has 0 spiro atoms. The van der Waals surface area contributed by atoms with Crippen LogP contribution >= 0.6 is 0 Å². The summed E-state index contributed by atoms with van der Waals surface area (Å²) in [7, 11) is 2.14. The molecule has 4 heteroatoms. The lowest BCUT2D eigenvalue weighted by Gasteiger charge is -2.31. The molecule has 2 atom stereocenters. The molecule has 0 heterocycles. The lowest BCUT2D eigenvalue weighted by molar-refractivity contribution is 0.118. The van der Waals surface area contributed by atoms with Gasteiger partial charge in [0.2, 0.25) is 0 Å². The maximum absolute atomic E-state index is 9.61. The molecule has 0 radical (unpaired) electrons. The van der Waals surface area contributed by atoms with Gasteiger partial charge in [0.25, 0.3) is 0 Å². The van der Waals surface area contributed by atoms with Crippen LogP contribution in [0.2, 0.25) is 0 Å². The summed E-state index contributed by atoms with van der Waals surface area (Å²) in [5.74, 6) is 0.494. The molecule has 1 aliphatic carbocycles. The summed E-state index contributed by atoms with van der Waals surface area (Å²) in [6.45, 7) is 8.74. The monoisotopic (exact) mass is 281 g/mol. The summed E-state index contributed by atoms with van der Waals surface area (Å²) in [5, 5.41) is 13.1. The average Bonchev–Trinajstić information content (AvgIpc) is 2.86. The molecule has 2 unspecified atom stereocenters. The second kappa shape index (κ2) is 9.33. The third-order valence-corrected chi connectivity index (χ3v) is 4.39. The van der Waals surface area contributed by atoms with E-state index in [4.69, 9.17) is 4.74 Å². The van der Waals surface area contributed by atoms with Crippen LogP contribution in [0.4, 0.5) is 0 Å². The first kappa shape index (κ1) is 17.4.